The molecule has 1 rings (SSSR count). The molecule has 0 unspecified atom stereocenters. The smallest absolute Gasteiger partial charge is 0.326 e. The summed E-state index contributed by atoms with van der Waals surface area (Å²) in [7, 11) is 0. The van der Waals surface area contributed by atoms with Crippen molar-refractivity contribution in [3.05, 3.63) is 12.2 Å². The molecule has 100 valence electrons. The van der Waals surface area contributed by atoms with Gasteiger partial charge in [0.05, 0.1) is 6.04 Å². The molecule has 6 nitrogen and oxygen atoms in total. The van der Waals surface area contributed by atoms with Crippen LogP contribution in [0.3, 0.4) is 0 Å². The summed E-state index contributed by atoms with van der Waals surface area (Å²) in [4.78, 5) is 33.4. The summed E-state index contributed by atoms with van der Waals surface area (Å²) < 4.78 is 0. The number of carbonyl (C=O) groups excluding carboxylic acids is 2. The van der Waals surface area contributed by atoms with Crippen LogP contribution in [0.15, 0.2) is 12.2 Å². The van der Waals surface area contributed by atoms with E-state index in [0.29, 0.717) is 12.8 Å². The number of carboxylic acid groups (broad SMARTS) is 1. The van der Waals surface area contributed by atoms with Crippen molar-refractivity contribution in [3.8, 4) is 0 Å². The second-order valence-corrected chi connectivity index (χ2v) is 4.55. The fourth-order valence-electron chi connectivity index (χ4n) is 1.77. The zero-order chi connectivity index (χ0) is 13.7. The first kappa shape index (κ1) is 14.4. The molecule has 0 aromatic carbocycles. The van der Waals surface area contributed by atoms with Crippen LogP contribution in [-0.4, -0.2) is 34.8 Å². The first-order valence-electron chi connectivity index (χ1n) is 5.90. The Morgan fingerprint density at radius 2 is 2.28 bits per heavy atom. The Hall–Kier alpha value is -1.69. The molecule has 4 N–H and O–H groups in total. The number of carboxylic acids is 1. The summed E-state index contributed by atoms with van der Waals surface area (Å²) >= 11 is 0. The molecule has 0 saturated carbocycles. The quantitative estimate of drug-likeness (QED) is 0.631. The lowest BCUT2D eigenvalue weighted by molar-refractivity contribution is -0.142. The standard InChI is InChI=1S/C12H18N2O4/c1-7(13)11(16)14-10(12(17)18)6-8-2-4-9(15)5-3-8/h2,4,7-8,10H,3,5-6,13H2,1H3,(H,14,16)(H,17,18)/t7-,8+,10-/m0/s1. The van der Waals surface area contributed by atoms with Gasteiger partial charge in [0.15, 0.2) is 5.78 Å². The second-order valence-electron chi connectivity index (χ2n) is 4.55. The maximum Gasteiger partial charge on any atom is 0.326 e. The first-order valence-corrected chi connectivity index (χ1v) is 5.90. The highest BCUT2D eigenvalue weighted by Crippen LogP contribution is 2.20. The predicted octanol–water partition coefficient (Wildman–Crippen LogP) is -0.172. The van der Waals surface area contributed by atoms with Crippen molar-refractivity contribution in [2.24, 2.45) is 11.7 Å². The number of nitrogens with one attached hydrogen (secondary N) is 1. The van der Waals surface area contributed by atoms with Crippen molar-refractivity contribution < 1.29 is 19.5 Å². The molecule has 1 aliphatic carbocycles. The van der Waals surface area contributed by atoms with E-state index in [9.17, 15) is 14.4 Å². The van der Waals surface area contributed by atoms with Gasteiger partial charge in [-0.2, -0.15) is 0 Å². The number of aliphatic carboxylic acids is 1. The minimum Gasteiger partial charge on any atom is -0.480 e. The average Bonchev–Trinajstić information content (AvgIpc) is 2.30. The lowest BCUT2D eigenvalue weighted by Gasteiger charge is -2.21. The van der Waals surface area contributed by atoms with Crippen LogP contribution in [0, 0.1) is 5.92 Å². The number of allylic oxidation sites excluding steroid dienone is 2. The summed E-state index contributed by atoms with van der Waals surface area (Å²) in [6, 6.07) is -1.71. The van der Waals surface area contributed by atoms with E-state index in [0.717, 1.165) is 0 Å². The van der Waals surface area contributed by atoms with E-state index < -0.39 is 24.0 Å². The molecular weight excluding hydrogens is 236 g/mol. The van der Waals surface area contributed by atoms with Crippen LogP contribution in [0.25, 0.3) is 0 Å². The summed E-state index contributed by atoms with van der Waals surface area (Å²) in [5, 5.41) is 11.4. The van der Waals surface area contributed by atoms with E-state index >= 15 is 0 Å². The molecule has 0 bridgehead atoms. The summed E-state index contributed by atoms with van der Waals surface area (Å²) in [6.45, 7) is 1.49. The number of amides is 1. The number of rotatable bonds is 5. The zero-order valence-corrected chi connectivity index (χ0v) is 10.3. The molecule has 0 spiro atoms. The summed E-state index contributed by atoms with van der Waals surface area (Å²) in [5.74, 6) is -1.53. The molecule has 0 saturated heterocycles. The normalized spacial score (nSPS) is 22.3. The number of carbonyl (C=O) groups is 3. The van der Waals surface area contributed by atoms with Crippen molar-refractivity contribution in [2.45, 2.75) is 38.3 Å². The third-order valence-corrected chi connectivity index (χ3v) is 2.88. The van der Waals surface area contributed by atoms with Gasteiger partial charge in [0.25, 0.3) is 0 Å². The summed E-state index contributed by atoms with van der Waals surface area (Å²) in [6.07, 6.45) is 4.50. The maximum absolute atomic E-state index is 11.4. The maximum atomic E-state index is 11.4. The fourth-order valence-corrected chi connectivity index (χ4v) is 1.77. The van der Waals surface area contributed by atoms with Crippen LogP contribution in [0.4, 0.5) is 0 Å². The van der Waals surface area contributed by atoms with Crippen LogP contribution in [0.5, 0.6) is 0 Å². The molecule has 0 fully saturated rings. The lowest BCUT2D eigenvalue weighted by Crippen LogP contribution is -2.48. The van der Waals surface area contributed by atoms with Crippen LogP contribution in [0.1, 0.15) is 26.2 Å². The molecule has 18 heavy (non-hydrogen) atoms. The number of hydrogen-bond acceptors (Lipinski definition) is 4. The number of nitrogens with two attached hydrogens (primary N) is 1. The van der Waals surface area contributed by atoms with Gasteiger partial charge in [-0.3, -0.25) is 9.59 Å². The molecule has 0 radical (unpaired) electrons. The molecule has 0 heterocycles. The Bertz CT molecular complexity index is 376. The largest absolute Gasteiger partial charge is 0.480 e. The van der Waals surface area contributed by atoms with Crippen molar-refractivity contribution in [1.29, 1.82) is 0 Å². The molecular formula is C12H18N2O4. The molecule has 0 aromatic heterocycles. The third-order valence-electron chi connectivity index (χ3n) is 2.88. The van der Waals surface area contributed by atoms with Gasteiger partial charge in [0, 0.05) is 6.42 Å². The van der Waals surface area contributed by atoms with Gasteiger partial charge in [0.1, 0.15) is 6.04 Å². The zero-order valence-electron chi connectivity index (χ0n) is 10.3. The Morgan fingerprint density at radius 3 is 2.72 bits per heavy atom. The Kier molecular flexibility index (Phi) is 5.03. The minimum absolute atomic E-state index is 0.00261. The number of hydrogen-bond donors (Lipinski definition) is 3. The van der Waals surface area contributed by atoms with Crippen molar-refractivity contribution >= 4 is 17.7 Å². The van der Waals surface area contributed by atoms with Crippen LogP contribution in [-0.2, 0) is 14.4 Å². The van der Waals surface area contributed by atoms with Crippen LogP contribution >= 0.6 is 0 Å². The Labute approximate surface area is 105 Å². The van der Waals surface area contributed by atoms with Crippen LogP contribution in [0.2, 0.25) is 0 Å². The molecule has 0 aromatic rings. The molecule has 0 aliphatic heterocycles. The second kappa shape index (κ2) is 6.30. The van der Waals surface area contributed by atoms with E-state index in [2.05, 4.69) is 5.32 Å². The lowest BCUT2D eigenvalue weighted by atomic mass is 9.89. The molecule has 1 aliphatic rings. The van der Waals surface area contributed by atoms with Crippen molar-refractivity contribution in [2.75, 3.05) is 0 Å². The monoisotopic (exact) mass is 254 g/mol. The highest BCUT2D eigenvalue weighted by atomic mass is 16.4. The van der Waals surface area contributed by atoms with E-state index in [1.807, 2.05) is 0 Å². The topological polar surface area (TPSA) is 109 Å². The van der Waals surface area contributed by atoms with Crippen molar-refractivity contribution in [1.82, 2.24) is 5.32 Å². The highest BCUT2D eigenvalue weighted by molar-refractivity contribution is 5.90. The molecule has 3 atom stereocenters. The Morgan fingerprint density at radius 1 is 1.61 bits per heavy atom. The van der Waals surface area contributed by atoms with E-state index in [4.69, 9.17) is 10.8 Å². The SMILES string of the molecule is C[C@H](N)C(=O)N[C@@H](C[C@@H]1C=CC(=O)CC1)C(=O)O. The number of ketones is 1. The molecule has 1 amide bonds. The van der Waals surface area contributed by atoms with E-state index in [-0.39, 0.29) is 18.1 Å². The van der Waals surface area contributed by atoms with Gasteiger partial charge >= 0.3 is 5.97 Å². The summed E-state index contributed by atoms with van der Waals surface area (Å²) in [5.41, 5.74) is 5.37. The highest BCUT2D eigenvalue weighted by Gasteiger charge is 2.25. The van der Waals surface area contributed by atoms with E-state index in [1.165, 1.54) is 13.0 Å². The van der Waals surface area contributed by atoms with Gasteiger partial charge < -0.3 is 16.2 Å². The minimum atomic E-state index is -1.09. The van der Waals surface area contributed by atoms with E-state index in [1.54, 1.807) is 6.08 Å². The van der Waals surface area contributed by atoms with Crippen molar-refractivity contribution in [3.63, 3.8) is 0 Å². The van der Waals surface area contributed by atoms with Gasteiger partial charge in [-0.25, -0.2) is 4.79 Å². The fraction of sp³-hybridized carbons (Fsp3) is 0.583. The first-order chi connectivity index (χ1) is 8.40. The third kappa shape index (κ3) is 4.29. The van der Waals surface area contributed by atoms with Crippen LogP contribution < -0.4 is 11.1 Å². The van der Waals surface area contributed by atoms with Gasteiger partial charge in [-0.1, -0.05) is 6.08 Å². The Balaban J connectivity index is 2.58. The average molecular weight is 254 g/mol. The molecule has 6 heteroatoms. The predicted molar refractivity (Wildman–Crippen MR) is 64.7 cm³/mol. The van der Waals surface area contributed by atoms with Gasteiger partial charge in [0.2, 0.25) is 5.91 Å². The van der Waals surface area contributed by atoms with Gasteiger partial charge in [-0.15, -0.1) is 0 Å². The van der Waals surface area contributed by atoms with Gasteiger partial charge in [-0.05, 0) is 31.8 Å².